The van der Waals surface area contributed by atoms with Crippen LogP contribution in [-0.2, 0) is 0 Å². The van der Waals surface area contributed by atoms with E-state index in [1.165, 1.54) is 0 Å². The summed E-state index contributed by atoms with van der Waals surface area (Å²) >= 11 is 4.87. The van der Waals surface area contributed by atoms with Crippen LogP contribution in [0.25, 0.3) is 0 Å². The molecule has 0 unspecified atom stereocenters. The van der Waals surface area contributed by atoms with Crippen LogP contribution in [-0.4, -0.2) is 33.6 Å². The average molecular weight is 422 g/mol. The molecule has 3 rings (SSSR count). The maximum atomic E-state index is 5.54. The third-order valence-corrected chi connectivity index (χ3v) is 4.99. The fourth-order valence-corrected chi connectivity index (χ4v) is 3.60. The van der Waals surface area contributed by atoms with E-state index in [1.807, 2.05) is 60.7 Å². The van der Waals surface area contributed by atoms with Gasteiger partial charge in [0.05, 0.1) is 39.3 Å². The van der Waals surface area contributed by atoms with Crippen LogP contribution in [0.5, 0.6) is 23.0 Å². The van der Waals surface area contributed by atoms with Gasteiger partial charge in [0, 0.05) is 5.92 Å². The van der Waals surface area contributed by atoms with E-state index in [-0.39, 0.29) is 5.92 Å². The molecule has 0 aliphatic carbocycles. The van der Waals surface area contributed by atoms with E-state index < -0.39 is 0 Å². The van der Waals surface area contributed by atoms with Gasteiger partial charge in [-0.3, -0.25) is 0 Å². The van der Waals surface area contributed by atoms with E-state index in [2.05, 4.69) is 10.2 Å². The Kier molecular flexibility index (Phi) is 7.07. The van der Waals surface area contributed by atoms with Crippen molar-refractivity contribution in [3.63, 3.8) is 0 Å². The highest BCUT2D eigenvalue weighted by molar-refractivity contribution is 7.78. The van der Waals surface area contributed by atoms with Gasteiger partial charge in [0.25, 0.3) is 0 Å². The summed E-state index contributed by atoms with van der Waals surface area (Å²) in [5, 5.41) is 2.48. The van der Waals surface area contributed by atoms with Crippen molar-refractivity contribution >= 4 is 23.1 Å². The molecule has 0 N–H and O–H groups in total. The van der Waals surface area contributed by atoms with Crippen LogP contribution in [0.1, 0.15) is 22.6 Å². The quantitative estimate of drug-likeness (QED) is 0.268. The van der Waals surface area contributed by atoms with Crippen molar-refractivity contribution in [2.75, 3.05) is 28.4 Å². The summed E-state index contributed by atoms with van der Waals surface area (Å²) in [4.78, 5) is 4.28. The molecule has 6 heteroatoms. The SMILES string of the molecule is COc1ccc(C(c2ccc(OC)c(OC)c2)c2ccccc2N=C=S)cc1OC. The molecule has 0 aliphatic heterocycles. The van der Waals surface area contributed by atoms with Crippen LogP contribution in [0.15, 0.2) is 65.7 Å². The van der Waals surface area contributed by atoms with Gasteiger partial charge in [-0.15, -0.1) is 0 Å². The Morgan fingerprint density at radius 1 is 0.700 bits per heavy atom. The highest BCUT2D eigenvalue weighted by Gasteiger charge is 2.23. The molecule has 3 aromatic rings. The fourth-order valence-electron chi connectivity index (χ4n) is 3.50. The molecule has 0 heterocycles. The Morgan fingerprint density at radius 3 is 1.67 bits per heavy atom. The monoisotopic (exact) mass is 421 g/mol. The van der Waals surface area contributed by atoms with Crippen molar-refractivity contribution in [3.8, 4) is 23.0 Å². The first-order valence-corrected chi connectivity index (χ1v) is 9.68. The van der Waals surface area contributed by atoms with Gasteiger partial charge in [0.15, 0.2) is 23.0 Å². The van der Waals surface area contributed by atoms with Gasteiger partial charge in [-0.25, -0.2) is 0 Å². The maximum absolute atomic E-state index is 5.54. The van der Waals surface area contributed by atoms with Crippen molar-refractivity contribution in [2.45, 2.75) is 5.92 Å². The zero-order chi connectivity index (χ0) is 21.5. The van der Waals surface area contributed by atoms with Gasteiger partial charge in [0.2, 0.25) is 0 Å². The third-order valence-electron chi connectivity index (χ3n) is 4.90. The van der Waals surface area contributed by atoms with E-state index in [4.69, 9.17) is 31.2 Å². The summed E-state index contributed by atoms with van der Waals surface area (Å²) in [5.41, 5.74) is 3.75. The maximum Gasteiger partial charge on any atom is 0.161 e. The molecule has 0 aromatic heterocycles. The predicted octanol–water partition coefficient (Wildman–Crippen LogP) is 5.64. The normalized spacial score (nSPS) is 10.3. The second kappa shape index (κ2) is 9.92. The topological polar surface area (TPSA) is 49.3 Å². The van der Waals surface area contributed by atoms with Gasteiger partial charge in [-0.05, 0) is 59.2 Å². The molecule has 0 fully saturated rings. The Bertz CT molecular complexity index is 1020. The summed E-state index contributed by atoms with van der Waals surface area (Å²) in [6.07, 6.45) is 0. The summed E-state index contributed by atoms with van der Waals surface area (Å²) in [7, 11) is 6.48. The summed E-state index contributed by atoms with van der Waals surface area (Å²) in [5.74, 6) is 2.47. The Labute approximate surface area is 181 Å². The number of aliphatic imine (C=N–C) groups is 1. The predicted molar refractivity (Wildman–Crippen MR) is 121 cm³/mol. The van der Waals surface area contributed by atoms with Gasteiger partial charge < -0.3 is 18.9 Å². The van der Waals surface area contributed by atoms with Crippen molar-refractivity contribution in [1.29, 1.82) is 0 Å². The molecule has 0 saturated carbocycles. The third kappa shape index (κ3) is 4.30. The minimum atomic E-state index is -0.159. The molecule has 5 nitrogen and oxygen atoms in total. The first-order valence-electron chi connectivity index (χ1n) is 9.27. The van der Waals surface area contributed by atoms with E-state index in [0.29, 0.717) is 23.0 Å². The first-order chi connectivity index (χ1) is 14.7. The van der Waals surface area contributed by atoms with Crippen LogP contribution in [0.4, 0.5) is 5.69 Å². The van der Waals surface area contributed by atoms with Crippen LogP contribution in [0, 0.1) is 0 Å². The largest absolute Gasteiger partial charge is 0.493 e. The minimum absolute atomic E-state index is 0.159. The average Bonchev–Trinajstić information content (AvgIpc) is 2.80. The number of isothiocyanates is 1. The number of thiocarbonyl (C=S) groups is 1. The molecule has 0 radical (unpaired) electrons. The van der Waals surface area contributed by atoms with Gasteiger partial charge >= 0.3 is 0 Å². The Morgan fingerprint density at radius 2 is 1.20 bits per heavy atom. The number of hydrogen-bond acceptors (Lipinski definition) is 6. The lowest BCUT2D eigenvalue weighted by Crippen LogP contribution is -2.05. The molecule has 0 aliphatic rings. The van der Waals surface area contributed by atoms with E-state index in [1.54, 1.807) is 28.4 Å². The summed E-state index contributed by atoms with van der Waals surface area (Å²) < 4.78 is 21.9. The van der Waals surface area contributed by atoms with Crippen LogP contribution in [0.2, 0.25) is 0 Å². The lowest BCUT2D eigenvalue weighted by atomic mass is 9.84. The second-order valence-electron chi connectivity index (χ2n) is 6.42. The van der Waals surface area contributed by atoms with Crippen molar-refractivity contribution in [3.05, 3.63) is 77.4 Å². The molecule has 0 atom stereocenters. The van der Waals surface area contributed by atoms with Crippen molar-refractivity contribution in [1.82, 2.24) is 0 Å². The molecule has 154 valence electrons. The lowest BCUT2D eigenvalue weighted by molar-refractivity contribution is 0.354. The first kappa shape index (κ1) is 21.4. The second-order valence-corrected chi connectivity index (χ2v) is 6.61. The highest BCUT2D eigenvalue weighted by Crippen LogP contribution is 2.42. The molecular formula is C24H23NO4S. The minimum Gasteiger partial charge on any atom is -0.493 e. The molecule has 0 spiro atoms. The van der Waals surface area contributed by atoms with Crippen LogP contribution >= 0.6 is 12.2 Å². The molecule has 3 aromatic carbocycles. The number of nitrogens with zero attached hydrogens (tertiary/aromatic N) is 1. The number of methoxy groups -OCH3 is 4. The fraction of sp³-hybridized carbons (Fsp3) is 0.208. The molecule has 0 bridgehead atoms. The number of para-hydroxylation sites is 1. The van der Waals surface area contributed by atoms with E-state index >= 15 is 0 Å². The van der Waals surface area contributed by atoms with Crippen LogP contribution in [0.3, 0.4) is 0 Å². The zero-order valence-electron chi connectivity index (χ0n) is 17.3. The number of benzene rings is 3. The molecule has 0 saturated heterocycles. The van der Waals surface area contributed by atoms with Gasteiger partial charge in [0.1, 0.15) is 0 Å². The zero-order valence-corrected chi connectivity index (χ0v) is 18.2. The molecular weight excluding hydrogens is 398 g/mol. The molecule has 0 amide bonds. The van der Waals surface area contributed by atoms with E-state index in [0.717, 1.165) is 22.4 Å². The van der Waals surface area contributed by atoms with E-state index in [9.17, 15) is 0 Å². The molecule has 30 heavy (non-hydrogen) atoms. The van der Waals surface area contributed by atoms with Gasteiger partial charge in [-0.1, -0.05) is 30.3 Å². The summed E-state index contributed by atoms with van der Waals surface area (Å²) in [6.45, 7) is 0. The Balaban J connectivity index is 2.27. The summed E-state index contributed by atoms with van der Waals surface area (Å²) in [6, 6.07) is 19.6. The number of rotatable bonds is 8. The smallest absolute Gasteiger partial charge is 0.161 e. The highest BCUT2D eigenvalue weighted by atomic mass is 32.1. The number of hydrogen-bond donors (Lipinski definition) is 0. The van der Waals surface area contributed by atoms with Crippen LogP contribution < -0.4 is 18.9 Å². The standard InChI is InChI=1S/C24H23NO4S/c1-26-20-11-9-16(13-22(20)28-3)24(18-7-5-6-8-19(18)25-15-30)17-10-12-21(27-2)23(14-17)29-4/h5-14,24H,1-4H3. The lowest BCUT2D eigenvalue weighted by Gasteiger charge is -2.22. The van der Waals surface area contributed by atoms with Gasteiger partial charge in [-0.2, -0.15) is 4.99 Å². The number of ether oxygens (including phenoxy) is 4. The van der Waals surface area contributed by atoms with Crippen molar-refractivity contribution in [2.24, 2.45) is 4.99 Å². The Hall–Kier alpha value is -3.34. The van der Waals surface area contributed by atoms with Crippen molar-refractivity contribution < 1.29 is 18.9 Å².